The zero-order chi connectivity index (χ0) is 20.8. The van der Waals surface area contributed by atoms with Crippen molar-refractivity contribution < 1.29 is 24.6 Å². The number of carbonyl (C=O) groups is 2. The summed E-state index contributed by atoms with van der Waals surface area (Å²) in [5.74, 6) is -0.538. The van der Waals surface area contributed by atoms with E-state index in [2.05, 4.69) is 16.0 Å². The van der Waals surface area contributed by atoms with Crippen LogP contribution in [0.2, 0.25) is 0 Å². The number of carbonyl (C=O) groups excluding carboxylic acids is 2. The second kappa shape index (κ2) is 9.51. The molecule has 2 aliphatic rings. The van der Waals surface area contributed by atoms with Gasteiger partial charge in [0.1, 0.15) is 6.54 Å². The Morgan fingerprint density at radius 2 is 2.07 bits per heavy atom. The molecule has 1 fully saturated rings. The minimum Gasteiger partial charge on any atom is -0.463 e. The molecule has 156 valence electrons. The average Bonchev–Trinajstić information content (AvgIpc) is 2.72. The van der Waals surface area contributed by atoms with Gasteiger partial charge in [-0.05, 0) is 38.2 Å². The lowest BCUT2D eigenvalue weighted by atomic mass is 9.93. The molecule has 1 saturated carbocycles. The number of ether oxygens (including phenoxy) is 1. The van der Waals surface area contributed by atoms with Gasteiger partial charge in [0.2, 0.25) is 0 Å². The molecule has 4 N–H and O–H groups in total. The number of urea groups is 1. The molecule has 1 aliphatic heterocycles. The number of rotatable bonds is 7. The molecular formula is C20H27N4O5+. The van der Waals surface area contributed by atoms with Gasteiger partial charge in [-0.2, -0.15) is 0 Å². The third-order valence-electron chi connectivity index (χ3n) is 5.37. The molecule has 0 aromatic heterocycles. The molecule has 1 heterocycles. The number of nitrogens with one attached hydrogen (secondary N) is 2. The normalized spacial score (nSPS) is 20.0. The van der Waals surface area contributed by atoms with Gasteiger partial charge in [-0.15, -0.1) is 0 Å². The lowest BCUT2D eigenvalue weighted by Gasteiger charge is -2.29. The van der Waals surface area contributed by atoms with Crippen LogP contribution >= 0.6 is 0 Å². The summed E-state index contributed by atoms with van der Waals surface area (Å²) in [5.41, 5.74) is 1.15. The zero-order valence-electron chi connectivity index (χ0n) is 16.5. The molecule has 0 spiro atoms. The number of esters is 1. The number of nitrogens with zero attached hydrogens (tertiary/aromatic N) is 1. The molecule has 9 nitrogen and oxygen atoms in total. The Kier molecular flexibility index (Phi) is 6.82. The zero-order valence-corrected chi connectivity index (χ0v) is 16.5. The predicted molar refractivity (Wildman–Crippen MR) is 105 cm³/mol. The van der Waals surface area contributed by atoms with E-state index < -0.39 is 23.0 Å². The van der Waals surface area contributed by atoms with Gasteiger partial charge in [0, 0.05) is 12.1 Å². The number of nitrogens with two attached hydrogens (primary N) is 1. The molecule has 3 rings (SSSR count). The maximum absolute atomic E-state index is 12.7. The van der Waals surface area contributed by atoms with E-state index >= 15 is 0 Å². The van der Waals surface area contributed by atoms with Gasteiger partial charge in [-0.3, -0.25) is 10.1 Å². The topological polar surface area (TPSA) is 127 Å². The minimum atomic E-state index is -0.808. The highest BCUT2D eigenvalue weighted by atomic mass is 16.6. The molecule has 0 bridgehead atoms. The van der Waals surface area contributed by atoms with E-state index in [4.69, 9.17) is 4.74 Å². The summed E-state index contributed by atoms with van der Waals surface area (Å²) in [5, 5.41) is 18.8. The van der Waals surface area contributed by atoms with Gasteiger partial charge in [0.05, 0.1) is 34.9 Å². The molecule has 9 heteroatoms. The highest BCUT2D eigenvalue weighted by molar-refractivity contribution is 5.95. The van der Waals surface area contributed by atoms with E-state index in [1.165, 1.54) is 37.5 Å². The second-order valence-corrected chi connectivity index (χ2v) is 7.33. The van der Waals surface area contributed by atoms with Crippen molar-refractivity contribution in [2.24, 2.45) is 0 Å². The van der Waals surface area contributed by atoms with Crippen molar-refractivity contribution >= 4 is 17.7 Å². The van der Waals surface area contributed by atoms with Crippen molar-refractivity contribution in [2.75, 3.05) is 13.2 Å². The van der Waals surface area contributed by atoms with Crippen LogP contribution in [0.3, 0.4) is 0 Å². The summed E-state index contributed by atoms with van der Waals surface area (Å²) in [6.45, 7) is 2.35. The molecule has 0 radical (unpaired) electrons. The van der Waals surface area contributed by atoms with Gasteiger partial charge in [-0.25, -0.2) is 9.59 Å². The molecule has 2 amide bonds. The Bertz CT molecular complexity index is 817. The maximum atomic E-state index is 12.7. The summed E-state index contributed by atoms with van der Waals surface area (Å²) in [6, 6.07) is 5.15. The number of nitro groups is 1. The first-order valence-electron chi connectivity index (χ1n) is 10.0. The van der Waals surface area contributed by atoms with Crippen molar-refractivity contribution in [3.8, 4) is 0 Å². The molecule has 1 atom stereocenters. The van der Waals surface area contributed by atoms with Crippen LogP contribution in [0.5, 0.6) is 0 Å². The minimum absolute atomic E-state index is 0.103. The second-order valence-electron chi connectivity index (χ2n) is 7.33. The number of hydrogen-bond acceptors (Lipinski definition) is 5. The molecule has 0 saturated heterocycles. The van der Waals surface area contributed by atoms with Crippen LogP contribution in [-0.4, -0.2) is 36.1 Å². The molecule has 1 aliphatic carbocycles. The van der Waals surface area contributed by atoms with Crippen molar-refractivity contribution in [1.82, 2.24) is 10.6 Å². The van der Waals surface area contributed by atoms with Gasteiger partial charge in [0.25, 0.3) is 5.69 Å². The molecule has 1 aromatic rings. The van der Waals surface area contributed by atoms with Crippen LogP contribution in [-0.2, 0) is 9.53 Å². The van der Waals surface area contributed by atoms with Crippen molar-refractivity contribution in [3.63, 3.8) is 0 Å². The van der Waals surface area contributed by atoms with Crippen molar-refractivity contribution in [3.05, 3.63) is 51.2 Å². The Morgan fingerprint density at radius 1 is 1.31 bits per heavy atom. The van der Waals surface area contributed by atoms with Crippen LogP contribution in [0, 0.1) is 10.1 Å². The van der Waals surface area contributed by atoms with Gasteiger partial charge in [-0.1, -0.05) is 18.6 Å². The van der Waals surface area contributed by atoms with Gasteiger partial charge in [0.15, 0.2) is 0 Å². The Balaban J connectivity index is 1.93. The molecule has 0 unspecified atom stereocenters. The van der Waals surface area contributed by atoms with Gasteiger partial charge >= 0.3 is 12.0 Å². The fourth-order valence-electron chi connectivity index (χ4n) is 3.95. The number of non-ortho nitro benzene ring substituents is 1. The fraction of sp³-hybridized carbons (Fsp3) is 0.500. The number of amides is 2. The molecular weight excluding hydrogens is 376 g/mol. The Labute approximate surface area is 169 Å². The molecule has 29 heavy (non-hydrogen) atoms. The van der Waals surface area contributed by atoms with Crippen molar-refractivity contribution in [2.45, 2.75) is 51.1 Å². The van der Waals surface area contributed by atoms with Crippen molar-refractivity contribution in [1.29, 1.82) is 0 Å². The summed E-state index contributed by atoms with van der Waals surface area (Å²) in [6.07, 6.45) is 5.85. The lowest BCUT2D eigenvalue weighted by molar-refractivity contribution is -0.685. The smallest absolute Gasteiger partial charge is 0.338 e. The maximum Gasteiger partial charge on any atom is 0.338 e. The van der Waals surface area contributed by atoms with Crippen LogP contribution in [0.4, 0.5) is 10.5 Å². The van der Waals surface area contributed by atoms with Crippen LogP contribution in [0.25, 0.3) is 0 Å². The van der Waals surface area contributed by atoms with E-state index in [9.17, 15) is 19.7 Å². The Hall–Kier alpha value is -2.94. The first-order chi connectivity index (χ1) is 14.0. The van der Waals surface area contributed by atoms with Crippen LogP contribution in [0.15, 0.2) is 35.5 Å². The third-order valence-corrected chi connectivity index (χ3v) is 5.37. The van der Waals surface area contributed by atoms with E-state index in [1.807, 2.05) is 0 Å². The number of benzene rings is 1. The summed E-state index contributed by atoms with van der Waals surface area (Å²) >= 11 is 0. The number of hydrogen-bond donors (Lipinski definition) is 3. The van der Waals surface area contributed by atoms with Gasteiger partial charge < -0.3 is 20.7 Å². The Morgan fingerprint density at radius 3 is 2.76 bits per heavy atom. The highest BCUT2D eigenvalue weighted by Crippen LogP contribution is 2.29. The summed E-state index contributed by atoms with van der Waals surface area (Å²) in [4.78, 5) is 35.7. The van der Waals surface area contributed by atoms with Crippen LogP contribution in [0.1, 0.15) is 50.6 Å². The first kappa shape index (κ1) is 20.8. The van der Waals surface area contributed by atoms with E-state index in [1.54, 1.807) is 13.0 Å². The quantitative estimate of drug-likeness (QED) is 0.362. The van der Waals surface area contributed by atoms with E-state index in [0.717, 1.165) is 12.8 Å². The average molecular weight is 403 g/mol. The summed E-state index contributed by atoms with van der Waals surface area (Å²) < 4.78 is 5.23. The highest BCUT2D eigenvalue weighted by Gasteiger charge is 2.35. The lowest BCUT2D eigenvalue weighted by Crippen LogP contribution is -2.91. The number of nitro benzene ring substituents is 1. The van der Waals surface area contributed by atoms with E-state index in [-0.39, 0.29) is 12.3 Å². The van der Waals surface area contributed by atoms with Crippen LogP contribution < -0.4 is 16.0 Å². The summed E-state index contributed by atoms with van der Waals surface area (Å²) in [7, 11) is 0. The first-order valence-corrected chi connectivity index (χ1v) is 10.0. The largest absolute Gasteiger partial charge is 0.463 e. The third kappa shape index (κ3) is 5.11. The fourth-order valence-corrected chi connectivity index (χ4v) is 3.95. The monoisotopic (exact) mass is 403 g/mol. The molecule has 1 aromatic carbocycles. The van der Waals surface area contributed by atoms with E-state index in [0.29, 0.717) is 29.4 Å². The predicted octanol–water partition coefficient (Wildman–Crippen LogP) is 1.66. The standard InChI is InChI=1S/C20H26N4O5/c1-2-29-19(25)17-16(12-21-14-8-4-3-5-9-14)22-20(26)23-18(17)13-7-6-10-15(11-13)24(27)28/h6-7,10-11,14,18,21H,2-5,8-9,12H2,1H3,(H2,22,23,26)/p+1/t18-/m1/s1. The number of quaternary nitrogens is 1. The SMILES string of the molecule is CCOC(=O)C1=C(C[NH2+]C2CCCCC2)NC(=O)N[C@@H]1c1cccc([N+](=O)[O-])c1.